The number of carbonyl (C=O) groups is 1. The minimum atomic E-state index is -0.326. The zero-order valence-corrected chi connectivity index (χ0v) is 26.9. The standard InChI is InChI=1S/C41H56N2O/c1-25-33-20-27(26-9-5-6-10-26)21-35(33)39-36(23-40(25)17-7-8-18-40)41(39,38(42)24-44)29-13-14-31-28(19-29)22-34-32(31)15-16-37(34)43-30-11-3-2-4-12-30/h2-4,11-14,24,26-29,31-39,43H,1,5-10,15-23,42H2. The Labute approximate surface area is 266 Å². The second kappa shape index (κ2) is 10.6. The van der Waals surface area contributed by atoms with E-state index < -0.39 is 0 Å². The number of allylic oxidation sites excluding steroid dienone is 3. The number of nitrogens with two attached hydrogens (primary N) is 1. The molecule has 13 atom stereocenters. The van der Waals surface area contributed by atoms with Crippen molar-refractivity contribution in [3.05, 3.63) is 54.6 Å². The average Bonchev–Trinajstić information content (AvgIpc) is 3.75. The molecule has 0 aromatic heterocycles. The molecule has 8 aliphatic carbocycles. The third-order valence-electron chi connectivity index (χ3n) is 16.1. The number of anilines is 1. The topological polar surface area (TPSA) is 55.1 Å². The zero-order chi connectivity index (χ0) is 29.6. The summed E-state index contributed by atoms with van der Waals surface area (Å²) in [7, 11) is 0. The van der Waals surface area contributed by atoms with E-state index in [4.69, 9.17) is 12.3 Å². The quantitative estimate of drug-likeness (QED) is 0.256. The molecule has 8 aliphatic rings. The van der Waals surface area contributed by atoms with Crippen LogP contribution in [0.4, 0.5) is 5.69 Å². The van der Waals surface area contributed by atoms with Gasteiger partial charge in [-0.25, -0.2) is 0 Å². The Hall–Kier alpha value is -1.87. The van der Waals surface area contributed by atoms with Crippen LogP contribution in [-0.4, -0.2) is 18.4 Å². The highest BCUT2D eigenvalue weighted by Crippen LogP contribution is 2.79. The Morgan fingerprint density at radius 2 is 1.61 bits per heavy atom. The summed E-state index contributed by atoms with van der Waals surface area (Å²) in [6.07, 6.45) is 27.0. The molecular formula is C41H56N2O. The Bertz CT molecular complexity index is 1290. The molecule has 9 rings (SSSR count). The van der Waals surface area contributed by atoms with Crippen LogP contribution in [0.3, 0.4) is 0 Å². The maximum Gasteiger partial charge on any atom is 0.137 e. The number of hydrogen-bond donors (Lipinski definition) is 2. The second-order valence-corrected chi connectivity index (χ2v) is 17.4. The van der Waals surface area contributed by atoms with Gasteiger partial charge in [-0.2, -0.15) is 0 Å². The van der Waals surface area contributed by atoms with E-state index in [1.54, 1.807) is 5.57 Å². The zero-order valence-electron chi connectivity index (χ0n) is 26.9. The van der Waals surface area contributed by atoms with Crippen molar-refractivity contribution in [2.45, 2.75) is 108 Å². The van der Waals surface area contributed by atoms with Gasteiger partial charge in [-0.15, -0.1) is 0 Å². The van der Waals surface area contributed by atoms with Crippen molar-refractivity contribution in [3.63, 3.8) is 0 Å². The van der Waals surface area contributed by atoms with Gasteiger partial charge in [0.15, 0.2) is 0 Å². The number of benzene rings is 1. The fourth-order valence-corrected chi connectivity index (χ4v) is 14.4. The van der Waals surface area contributed by atoms with Gasteiger partial charge in [0.05, 0.1) is 6.04 Å². The van der Waals surface area contributed by atoms with Gasteiger partial charge in [0.1, 0.15) is 6.29 Å². The van der Waals surface area contributed by atoms with Crippen LogP contribution in [0.15, 0.2) is 54.6 Å². The molecule has 13 unspecified atom stereocenters. The minimum absolute atomic E-state index is 0.0214. The first-order valence-electron chi connectivity index (χ1n) is 18.9. The number of fused-ring (bicyclic) bond motifs is 6. The molecule has 236 valence electrons. The van der Waals surface area contributed by atoms with E-state index in [1.165, 1.54) is 108 Å². The predicted octanol–water partition coefficient (Wildman–Crippen LogP) is 8.82. The fraction of sp³-hybridized carbons (Fsp3) is 0.732. The summed E-state index contributed by atoms with van der Waals surface area (Å²) in [6, 6.07) is 11.1. The molecule has 1 spiro atoms. The van der Waals surface area contributed by atoms with Gasteiger partial charge in [-0.05, 0) is 140 Å². The molecule has 0 amide bonds. The summed E-state index contributed by atoms with van der Waals surface area (Å²) in [5.74, 6) is 7.94. The molecular weight excluding hydrogens is 536 g/mol. The van der Waals surface area contributed by atoms with Crippen LogP contribution in [0, 0.1) is 75.9 Å². The molecule has 3 N–H and O–H groups in total. The number of rotatable bonds is 6. The van der Waals surface area contributed by atoms with E-state index in [1.807, 2.05) is 0 Å². The third kappa shape index (κ3) is 4.05. The molecule has 0 bridgehead atoms. The highest BCUT2D eigenvalue weighted by atomic mass is 16.1. The Morgan fingerprint density at radius 1 is 0.841 bits per heavy atom. The lowest BCUT2D eigenvalue weighted by atomic mass is 9.63. The first kappa shape index (κ1) is 28.4. The molecule has 7 saturated carbocycles. The Balaban J connectivity index is 1.01. The largest absolute Gasteiger partial charge is 0.382 e. The number of nitrogens with one attached hydrogen (secondary N) is 1. The summed E-state index contributed by atoms with van der Waals surface area (Å²) in [5, 5.41) is 3.94. The fourth-order valence-electron chi connectivity index (χ4n) is 14.4. The number of aldehydes is 1. The van der Waals surface area contributed by atoms with Crippen LogP contribution in [0.25, 0.3) is 0 Å². The summed E-state index contributed by atoms with van der Waals surface area (Å²) in [4.78, 5) is 12.8. The number of carbonyl (C=O) groups excluding carboxylic acids is 1. The van der Waals surface area contributed by atoms with Crippen LogP contribution in [-0.2, 0) is 4.79 Å². The van der Waals surface area contributed by atoms with Crippen molar-refractivity contribution in [2.24, 2.45) is 81.7 Å². The summed E-state index contributed by atoms with van der Waals surface area (Å²) in [5.41, 5.74) is 10.3. The second-order valence-electron chi connectivity index (χ2n) is 17.4. The van der Waals surface area contributed by atoms with Crippen molar-refractivity contribution < 1.29 is 4.79 Å². The smallest absolute Gasteiger partial charge is 0.137 e. The predicted molar refractivity (Wildman–Crippen MR) is 179 cm³/mol. The van der Waals surface area contributed by atoms with Crippen LogP contribution < -0.4 is 11.1 Å². The molecule has 0 heterocycles. The first-order chi connectivity index (χ1) is 21.5. The highest BCUT2D eigenvalue weighted by Gasteiger charge is 2.76. The average molecular weight is 593 g/mol. The molecule has 7 fully saturated rings. The SMILES string of the molecule is C=C1C2CC(C3CCCC3)CC2C2C(CC13CCCC3)C2(C(N)C=O)C1C=CC2C(CC3C(Nc4ccccc4)CCC23)C1. The van der Waals surface area contributed by atoms with Gasteiger partial charge in [-0.1, -0.05) is 81.0 Å². The van der Waals surface area contributed by atoms with Gasteiger partial charge in [0, 0.05) is 17.1 Å². The van der Waals surface area contributed by atoms with Crippen LogP contribution in [0.1, 0.15) is 96.3 Å². The summed E-state index contributed by atoms with van der Waals surface area (Å²) >= 11 is 0. The van der Waals surface area contributed by atoms with Gasteiger partial charge >= 0.3 is 0 Å². The lowest BCUT2D eigenvalue weighted by molar-refractivity contribution is -0.111. The van der Waals surface area contributed by atoms with Gasteiger partial charge in [0.25, 0.3) is 0 Å². The van der Waals surface area contributed by atoms with E-state index in [0.29, 0.717) is 41.0 Å². The normalized spacial score (nSPS) is 47.6. The Kier molecular flexibility index (Phi) is 6.82. The van der Waals surface area contributed by atoms with Gasteiger partial charge < -0.3 is 15.8 Å². The van der Waals surface area contributed by atoms with Crippen molar-refractivity contribution in [3.8, 4) is 0 Å². The summed E-state index contributed by atoms with van der Waals surface area (Å²) in [6.45, 7) is 4.99. The van der Waals surface area contributed by atoms with Crippen molar-refractivity contribution in [1.82, 2.24) is 0 Å². The van der Waals surface area contributed by atoms with E-state index in [0.717, 1.165) is 35.5 Å². The van der Waals surface area contributed by atoms with E-state index >= 15 is 0 Å². The van der Waals surface area contributed by atoms with E-state index in [2.05, 4.69) is 47.8 Å². The molecule has 1 aromatic carbocycles. The molecule has 0 radical (unpaired) electrons. The van der Waals surface area contributed by atoms with Gasteiger partial charge in [0.2, 0.25) is 0 Å². The number of para-hydroxylation sites is 1. The molecule has 3 nitrogen and oxygen atoms in total. The molecule has 0 aliphatic heterocycles. The molecule has 44 heavy (non-hydrogen) atoms. The van der Waals surface area contributed by atoms with Gasteiger partial charge in [-0.3, -0.25) is 0 Å². The monoisotopic (exact) mass is 592 g/mol. The van der Waals surface area contributed by atoms with Crippen molar-refractivity contribution in [2.75, 3.05) is 5.32 Å². The minimum Gasteiger partial charge on any atom is -0.382 e. The molecule has 1 aromatic rings. The lowest BCUT2D eigenvalue weighted by Crippen LogP contribution is -2.44. The van der Waals surface area contributed by atoms with Crippen LogP contribution in [0.2, 0.25) is 0 Å². The molecule has 3 heteroatoms. The van der Waals surface area contributed by atoms with E-state index in [-0.39, 0.29) is 11.5 Å². The maximum absolute atomic E-state index is 12.8. The maximum atomic E-state index is 12.8. The van der Waals surface area contributed by atoms with Crippen molar-refractivity contribution >= 4 is 12.0 Å². The van der Waals surface area contributed by atoms with Crippen molar-refractivity contribution in [1.29, 1.82) is 0 Å². The number of hydrogen-bond acceptors (Lipinski definition) is 3. The summed E-state index contributed by atoms with van der Waals surface area (Å²) < 4.78 is 0. The molecule has 0 saturated heterocycles. The third-order valence-corrected chi connectivity index (χ3v) is 16.1. The lowest BCUT2D eigenvalue weighted by Gasteiger charge is -2.42. The van der Waals surface area contributed by atoms with E-state index in [9.17, 15) is 4.79 Å². The first-order valence-corrected chi connectivity index (χ1v) is 18.9. The van der Waals surface area contributed by atoms with Crippen LogP contribution in [0.5, 0.6) is 0 Å². The van der Waals surface area contributed by atoms with Crippen LogP contribution >= 0.6 is 0 Å². The highest BCUT2D eigenvalue weighted by molar-refractivity contribution is 5.62. The Morgan fingerprint density at radius 3 is 2.39 bits per heavy atom.